The van der Waals surface area contributed by atoms with Gasteiger partial charge in [-0.15, -0.1) is 11.3 Å². The molecule has 0 amide bonds. The number of hydrogen-bond acceptors (Lipinski definition) is 2. The Morgan fingerprint density at radius 1 is 0.429 bits per heavy atom. The van der Waals surface area contributed by atoms with Gasteiger partial charge in [-0.2, -0.15) is 0 Å². The van der Waals surface area contributed by atoms with Crippen molar-refractivity contribution in [1.29, 1.82) is 0 Å². The van der Waals surface area contributed by atoms with Crippen LogP contribution in [0.1, 0.15) is 36.8 Å². The number of benzene rings is 8. The number of rotatable bonds is 5. The van der Waals surface area contributed by atoms with E-state index >= 15 is 0 Å². The third-order valence-electron chi connectivity index (χ3n) is 12.7. The highest BCUT2D eigenvalue weighted by Crippen LogP contribution is 2.58. The summed E-state index contributed by atoms with van der Waals surface area (Å²) in [7, 11) is 0. The van der Waals surface area contributed by atoms with E-state index < -0.39 is 0 Å². The molecule has 12 rings (SSSR count). The molecule has 1 saturated carbocycles. The molecule has 0 atom stereocenters. The summed E-state index contributed by atoms with van der Waals surface area (Å²) < 4.78 is 5.04. The molecule has 0 N–H and O–H groups in total. The number of aromatic nitrogens is 1. The highest BCUT2D eigenvalue weighted by atomic mass is 32.1. The lowest BCUT2D eigenvalue weighted by atomic mass is 9.76. The minimum atomic E-state index is 0.105. The average molecular weight is 735 g/mol. The highest BCUT2D eigenvalue weighted by molar-refractivity contribution is 7.25. The van der Waals surface area contributed by atoms with Gasteiger partial charge in [0.25, 0.3) is 0 Å². The Balaban J connectivity index is 1.01. The maximum absolute atomic E-state index is 2.53. The van der Waals surface area contributed by atoms with Crippen LogP contribution in [0.25, 0.3) is 69.9 Å². The predicted octanol–water partition coefficient (Wildman–Crippen LogP) is 15.1. The molecule has 2 aliphatic rings. The summed E-state index contributed by atoms with van der Waals surface area (Å²) >= 11 is 1.88. The molecule has 0 bridgehead atoms. The Bertz CT molecular complexity index is 3140. The Kier molecular flexibility index (Phi) is 7.00. The maximum Gasteiger partial charge on any atom is 0.0547 e. The van der Waals surface area contributed by atoms with Gasteiger partial charge in [0.2, 0.25) is 0 Å². The topological polar surface area (TPSA) is 8.17 Å². The zero-order chi connectivity index (χ0) is 36.8. The summed E-state index contributed by atoms with van der Waals surface area (Å²) in [6, 6.07) is 67.9. The van der Waals surface area contributed by atoms with Crippen LogP contribution in [0.15, 0.2) is 182 Å². The molecule has 0 aliphatic heterocycles. The molecular weight excluding hydrogens is 697 g/mol. The van der Waals surface area contributed by atoms with E-state index in [2.05, 4.69) is 191 Å². The third-order valence-corrected chi connectivity index (χ3v) is 13.9. The molecule has 0 radical (unpaired) electrons. The van der Waals surface area contributed by atoms with Crippen molar-refractivity contribution in [2.24, 2.45) is 0 Å². The summed E-state index contributed by atoms with van der Waals surface area (Å²) in [5, 5.41) is 5.20. The van der Waals surface area contributed by atoms with Gasteiger partial charge in [0.1, 0.15) is 0 Å². The second-order valence-corrected chi connectivity index (χ2v) is 16.7. The summed E-state index contributed by atoms with van der Waals surface area (Å²) in [5.74, 6) is 0. The van der Waals surface area contributed by atoms with Crippen molar-refractivity contribution in [2.45, 2.75) is 31.1 Å². The van der Waals surface area contributed by atoms with Crippen molar-refractivity contribution in [3.63, 3.8) is 0 Å². The predicted molar refractivity (Wildman–Crippen MR) is 238 cm³/mol. The monoisotopic (exact) mass is 734 g/mol. The van der Waals surface area contributed by atoms with Gasteiger partial charge >= 0.3 is 0 Å². The van der Waals surface area contributed by atoms with Crippen molar-refractivity contribution < 1.29 is 0 Å². The van der Waals surface area contributed by atoms with Crippen molar-refractivity contribution in [3.05, 3.63) is 193 Å². The first-order valence-corrected chi connectivity index (χ1v) is 20.7. The second kappa shape index (κ2) is 12.3. The standard InChI is InChI=1S/C53H38N2S/c1-2-12-37(13-3-1)55-49-18-8-5-15-43(49)44-27-22-36(32-50(44)55)35-20-23-38(24-21-35)54(40-26-29-46-45-16-6-9-19-51(45)56-52(46)34-40)39-25-28-42-41-14-4-7-17-47(41)53(48(42)33-39)30-10-11-31-53/h1-9,12-29,32-34H,10-11,30-31H2. The van der Waals surface area contributed by atoms with Crippen molar-refractivity contribution in [1.82, 2.24) is 4.57 Å². The molecule has 10 aromatic rings. The van der Waals surface area contributed by atoms with Crippen LogP contribution in [0.3, 0.4) is 0 Å². The lowest BCUT2D eigenvalue weighted by molar-refractivity contribution is 0.550. The van der Waals surface area contributed by atoms with Gasteiger partial charge in [0, 0.05) is 59.1 Å². The Labute approximate surface area is 330 Å². The van der Waals surface area contributed by atoms with Gasteiger partial charge in [-0.3, -0.25) is 0 Å². The quantitative estimate of drug-likeness (QED) is 0.171. The zero-order valence-electron chi connectivity index (χ0n) is 31.0. The summed E-state index contributed by atoms with van der Waals surface area (Å²) in [6.45, 7) is 0. The van der Waals surface area contributed by atoms with E-state index in [0.29, 0.717) is 0 Å². The largest absolute Gasteiger partial charge is 0.310 e. The van der Waals surface area contributed by atoms with Gasteiger partial charge in [-0.25, -0.2) is 0 Å². The van der Waals surface area contributed by atoms with Crippen molar-refractivity contribution in [2.75, 3.05) is 4.90 Å². The number of fused-ring (bicyclic) bond motifs is 11. The maximum atomic E-state index is 2.53. The van der Waals surface area contributed by atoms with Gasteiger partial charge in [0.05, 0.1) is 11.0 Å². The van der Waals surface area contributed by atoms with Crippen LogP contribution in [0, 0.1) is 0 Å². The van der Waals surface area contributed by atoms with E-state index in [1.54, 1.807) is 0 Å². The van der Waals surface area contributed by atoms with Crippen molar-refractivity contribution >= 4 is 70.4 Å². The molecule has 1 fully saturated rings. The highest BCUT2D eigenvalue weighted by Gasteiger charge is 2.45. The van der Waals surface area contributed by atoms with E-state index in [-0.39, 0.29) is 5.41 Å². The first-order valence-electron chi connectivity index (χ1n) is 19.9. The fourth-order valence-corrected chi connectivity index (χ4v) is 11.3. The summed E-state index contributed by atoms with van der Waals surface area (Å²) in [5.41, 5.74) is 15.5. The SMILES string of the molecule is c1ccc(-n2c3ccccc3c3ccc(-c4ccc(N(c5ccc6c(c5)C5(CCCC5)c5ccccc5-6)c5ccc6c(c5)sc5ccccc56)cc4)cc32)cc1. The number of thiophene rings is 1. The molecular formula is C53H38N2S. The van der Waals surface area contributed by atoms with E-state index in [1.165, 1.54) is 118 Å². The van der Waals surface area contributed by atoms with Crippen molar-refractivity contribution in [3.8, 4) is 27.9 Å². The number of hydrogen-bond donors (Lipinski definition) is 0. The molecule has 2 aromatic heterocycles. The third kappa shape index (κ3) is 4.68. The van der Waals surface area contributed by atoms with Crippen LogP contribution in [-0.4, -0.2) is 4.57 Å². The first-order chi connectivity index (χ1) is 27.7. The van der Waals surface area contributed by atoms with E-state index in [9.17, 15) is 0 Å². The van der Waals surface area contributed by atoms with E-state index in [0.717, 1.165) is 5.69 Å². The van der Waals surface area contributed by atoms with Gasteiger partial charge in [-0.1, -0.05) is 128 Å². The van der Waals surface area contributed by atoms with Gasteiger partial charge in [-0.05, 0) is 113 Å². The van der Waals surface area contributed by atoms with Crippen LogP contribution >= 0.6 is 11.3 Å². The van der Waals surface area contributed by atoms with Crippen LogP contribution in [0.5, 0.6) is 0 Å². The van der Waals surface area contributed by atoms with Gasteiger partial charge in [0.15, 0.2) is 0 Å². The Morgan fingerprint density at radius 2 is 1.05 bits per heavy atom. The van der Waals surface area contributed by atoms with Crippen LogP contribution in [0.4, 0.5) is 17.1 Å². The van der Waals surface area contributed by atoms with Gasteiger partial charge < -0.3 is 9.47 Å². The molecule has 1 spiro atoms. The van der Waals surface area contributed by atoms with Crippen LogP contribution < -0.4 is 4.90 Å². The number of para-hydroxylation sites is 2. The molecule has 0 saturated heterocycles. The molecule has 2 aliphatic carbocycles. The fourth-order valence-electron chi connectivity index (χ4n) is 10.2. The van der Waals surface area contributed by atoms with Crippen LogP contribution in [-0.2, 0) is 5.41 Å². The Morgan fingerprint density at radius 3 is 1.93 bits per heavy atom. The normalized spacial score (nSPS) is 14.3. The fraction of sp³-hybridized carbons (Fsp3) is 0.0943. The minimum absolute atomic E-state index is 0.105. The minimum Gasteiger partial charge on any atom is -0.310 e. The second-order valence-electron chi connectivity index (χ2n) is 15.6. The smallest absolute Gasteiger partial charge is 0.0547 e. The van der Waals surface area contributed by atoms with Crippen LogP contribution in [0.2, 0.25) is 0 Å². The summed E-state index contributed by atoms with van der Waals surface area (Å²) in [6.07, 6.45) is 5.00. The molecule has 2 nitrogen and oxygen atoms in total. The molecule has 2 heterocycles. The Hall–Kier alpha value is -6.42. The molecule has 3 heteroatoms. The van der Waals surface area contributed by atoms with E-state index in [1.807, 2.05) is 11.3 Å². The summed E-state index contributed by atoms with van der Waals surface area (Å²) in [4.78, 5) is 2.48. The number of anilines is 3. The van der Waals surface area contributed by atoms with E-state index in [4.69, 9.17) is 0 Å². The number of nitrogens with zero attached hydrogens (tertiary/aromatic N) is 2. The molecule has 8 aromatic carbocycles. The lowest BCUT2D eigenvalue weighted by Crippen LogP contribution is -2.21. The zero-order valence-corrected chi connectivity index (χ0v) is 31.8. The average Bonchev–Trinajstić information content (AvgIpc) is 4.04. The molecule has 56 heavy (non-hydrogen) atoms. The first kappa shape index (κ1) is 31.9. The molecule has 266 valence electrons. The molecule has 0 unspecified atom stereocenters. The lowest BCUT2D eigenvalue weighted by Gasteiger charge is -2.30.